The zero-order valence-electron chi connectivity index (χ0n) is 11.4. The average molecular weight is 253 g/mol. The maximum absolute atomic E-state index is 12.7. The van der Waals surface area contributed by atoms with Gasteiger partial charge in [-0.05, 0) is 18.8 Å². The van der Waals surface area contributed by atoms with Crippen LogP contribution in [0.5, 0.6) is 0 Å². The Bertz CT molecular complexity index is 343. The van der Waals surface area contributed by atoms with Crippen LogP contribution in [-0.2, 0) is 14.3 Å². The molecular formula is C14H23NO3. The third-order valence-corrected chi connectivity index (χ3v) is 4.97. The summed E-state index contributed by atoms with van der Waals surface area (Å²) < 4.78 is 11.4. The molecule has 3 fully saturated rings. The van der Waals surface area contributed by atoms with Gasteiger partial charge in [0.15, 0.2) is 5.79 Å². The van der Waals surface area contributed by atoms with Crippen LogP contribution < -0.4 is 0 Å². The zero-order chi connectivity index (χ0) is 12.8. The second-order valence-corrected chi connectivity index (χ2v) is 6.43. The maximum Gasteiger partial charge on any atom is 0.228 e. The van der Waals surface area contributed by atoms with Crippen molar-refractivity contribution in [1.82, 2.24) is 4.90 Å². The lowest BCUT2D eigenvalue weighted by atomic mass is 9.66. The molecule has 1 amide bonds. The lowest BCUT2D eigenvalue weighted by Gasteiger charge is -2.41. The normalized spacial score (nSPS) is 27.8. The van der Waals surface area contributed by atoms with Gasteiger partial charge < -0.3 is 14.4 Å². The first kappa shape index (κ1) is 12.4. The molecule has 102 valence electrons. The van der Waals surface area contributed by atoms with Gasteiger partial charge in [-0.1, -0.05) is 20.3 Å². The van der Waals surface area contributed by atoms with Gasteiger partial charge in [0.25, 0.3) is 0 Å². The fourth-order valence-electron chi connectivity index (χ4n) is 3.37. The van der Waals surface area contributed by atoms with Crippen molar-refractivity contribution in [3.05, 3.63) is 0 Å². The van der Waals surface area contributed by atoms with Gasteiger partial charge in [-0.2, -0.15) is 0 Å². The largest absolute Gasteiger partial charge is 0.346 e. The van der Waals surface area contributed by atoms with Crippen LogP contribution in [0.15, 0.2) is 0 Å². The first-order valence-corrected chi connectivity index (χ1v) is 7.11. The summed E-state index contributed by atoms with van der Waals surface area (Å²) in [5.41, 5.74) is -0.220. The molecule has 1 saturated carbocycles. The van der Waals surface area contributed by atoms with Crippen molar-refractivity contribution in [3.63, 3.8) is 0 Å². The van der Waals surface area contributed by atoms with Crippen LogP contribution in [0.1, 0.15) is 39.5 Å². The molecule has 18 heavy (non-hydrogen) atoms. The van der Waals surface area contributed by atoms with Crippen molar-refractivity contribution >= 4 is 5.91 Å². The van der Waals surface area contributed by atoms with Gasteiger partial charge in [-0.25, -0.2) is 0 Å². The molecule has 1 aliphatic carbocycles. The van der Waals surface area contributed by atoms with Gasteiger partial charge in [-0.15, -0.1) is 0 Å². The molecule has 4 heteroatoms. The van der Waals surface area contributed by atoms with E-state index in [1.165, 1.54) is 19.3 Å². The lowest BCUT2D eigenvalue weighted by molar-refractivity contribution is -0.159. The van der Waals surface area contributed by atoms with Crippen LogP contribution >= 0.6 is 0 Å². The summed E-state index contributed by atoms with van der Waals surface area (Å²) in [5.74, 6) is 0.362. The third-order valence-electron chi connectivity index (χ3n) is 4.97. The molecule has 0 radical (unpaired) electrons. The van der Waals surface area contributed by atoms with Crippen molar-refractivity contribution in [2.75, 3.05) is 26.3 Å². The second-order valence-electron chi connectivity index (χ2n) is 6.43. The van der Waals surface area contributed by atoms with Crippen LogP contribution in [-0.4, -0.2) is 42.9 Å². The van der Waals surface area contributed by atoms with Crippen LogP contribution in [0.3, 0.4) is 0 Å². The standard InChI is InChI=1S/C14H23NO3/c1-13(2,11-4-3-5-11)12(16)15-7-6-14(10-15)17-8-9-18-14/h11H,3-10H2,1-2H3. The van der Waals surface area contributed by atoms with Crippen LogP contribution in [0.2, 0.25) is 0 Å². The minimum Gasteiger partial charge on any atom is -0.346 e. The lowest BCUT2D eigenvalue weighted by Crippen LogP contribution is -2.47. The summed E-state index contributed by atoms with van der Waals surface area (Å²) in [6, 6.07) is 0. The van der Waals surface area contributed by atoms with Crippen LogP contribution in [0, 0.1) is 11.3 Å². The van der Waals surface area contributed by atoms with Gasteiger partial charge in [0.1, 0.15) is 0 Å². The van der Waals surface area contributed by atoms with E-state index in [0.29, 0.717) is 25.7 Å². The quantitative estimate of drug-likeness (QED) is 0.753. The highest BCUT2D eigenvalue weighted by Crippen LogP contribution is 2.44. The number of amides is 1. The number of rotatable bonds is 2. The fourth-order valence-corrected chi connectivity index (χ4v) is 3.37. The van der Waals surface area contributed by atoms with E-state index < -0.39 is 5.79 Å². The Morgan fingerprint density at radius 1 is 1.28 bits per heavy atom. The molecule has 0 atom stereocenters. The molecule has 0 unspecified atom stereocenters. The van der Waals surface area contributed by atoms with Gasteiger partial charge in [0.05, 0.1) is 19.8 Å². The molecule has 0 aromatic carbocycles. The summed E-state index contributed by atoms with van der Waals surface area (Å²) in [6.07, 6.45) is 4.49. The first-order valence-electron chi connectivity index (χ1n) is 7.11. The number of hydrogen-bond donors (Lipinski definition) is 0. The maximum atomic E-state index is 12.7. The molecule has 2 heterocycles. The van der Waals surface area contributed by atoms with Crippen molar-refractivity contribution in [2.45, 2.75) is 45.3 Å². The van der Waals surface area contributed by atoms with Crippen molar-refractivity contribution in [3.8, 4) is 0 Å². The average Bonchev–Trinajstić information content (AvgIpc) is 2.85. The smallest absolute Gasteiger partial charge is 0.228 e. The SMILES string of the molecule is CC(C)(C(=O)N1CCC2(C1)OCCO2)C1CCC1. The summed E-state index contributed by atoms with van der Waals surface area (Å²) in [7, 11) is 0. The van der Waals surface area contributed by atoms with E-state index >= 15 is 0 Å². The predicted octanol–water partition coefficient (Wildman–Crippen LogP) is 1.79. The highest BCUT2D eigenvalue weighted by Gasteiger charge is 2.49. The van der Waals surface area contributed by atoms with Crippen molar-refractivity contribution < 1.29 is 14.3 Å². The highest BCUT2D eigenvalue weighted by molar-refractivity contribution is 5.82. The summed E-state index contributed by atoms with van der Waals surface area (Å²) in [6.45, 7) is 6.90. The van der Waals surface area contributed by atoms with E-state index in [-0.39, 0.29) is 11.3 Å². The van der Waals surface area contributed by atoms with E-state index in [2.05, 4.69) is 13.8 Å². The molecule has 0 aromatic heterocycles. The molecule has 2 saturated heterocycles. The number of nitrogens with zero attached hydrogens (tertiary/aromatic N) is 1. The topological polar surface area (TPSA) is 38.8 Å². The molecule has 4 nitrogen and oxygen atoms in total. The van der Waals surface area contributed by atoms with Gasteiger partial charge >= 0.3 is 0 Å². The van der Waals surface area contributed by atoms with Crippen molar-refractivity contribution in [1.29, 1.82) is 0 Å². The first-order chi connectivity index (χ1) is 8.54. The Hall–Kier alpha value is -0.610. The minimum absolute atomic E-state index is 0.220. The van der Waals surface area contributed by atoms with Gasteiger partial charge in [-0.3, -0.25) is 4.79 Å². The molecule has 0 N–H and O–H groups in total. The monoisotopic (exact) mass is 253 g/mol. The summed E-state index contributed by atoms with van der Waals surface area (Å²) in [5, 5.41) is 0. The van der Waals surface area contributed by atoms with E-state index in [1.807, 2.05) is 4.90 Å². The number of carbonyl (C=O) groups excluding carboxylic acids is 1. The molecule has 2 aliphatic heterocycles. The van der Waals surface area contributed by atoms with E-state index in [9.17, 15) is 4.79 Å². The highest BCUT2D eigenvalue weighted by atomic mass is 16.7. The Morgan fingerprint density at radius 2 is 1.94 bits per heavy atom. The van der Waals surface area contributed by atoms with Crippen LogP contribution in [0.4, 0.5) is 0 Å². The third kappa shape index (κ3) is 1.86. The van der Waals surface area contributed by atoms with E-state index in [0.717, 1.165) is 13.0 Å². The molecule has 0 bridgehead atoms. The van der Waals surface area contributed by atoms with E-state index in [1.54, 1.807) is 0 Å². The zero-order valence-corrected chi connectivity index (χ0v) is 11.4. The number of carbonyl (C=O) groups is 1. The second kappa shape index (κ2) is 4.20. The molecule has 3 aliphatic rings. The number of ether oxygens (including phenoxy) is 2. The molecular weight excluding hydrogens is 230 g/mol. The van der Waals surface area contributed by atoms with Gasteiger partial charge in [0.2, 0.25) is 5.91 Å². The molecule has 1 spiro atoms. The summed E-state index contributed by atoms with van der Waals surface area (Å²) >= 11 is 0. The summed E-state index contributed by atoms with van der Waals surface area (Å²) in [4.78, 5) is 14.6. The molecule has 0 aromatic rings. The number of likely N-dealkylation sites (tertiary alicyclic amines) is 1. The number of hydrogen-bond acceptors (Lipinski definition) is 3. The molecule has 3 rings (SSSR count). The predicted molar refractivity (Wildman–Crippen MR) is 67.0 cm³/mol. The Balaban J connectivity index is 1.66. The Morgan fingerprint density at radius 3 is 2.50 bits per heavy atom. The van der Waals surface area contributed by atoms with E-state index in [4.69, 9.17) is 9.47 Å². The minimum atomic E-state index is -0.481. The van der Waals surface area contributed by atoms with Gasteiger partial charge in [0, 0.05) is 18.4 Å². The Kier molecular flexibility index (Phi) is 2.90. The van der Waals surface area contributed by atoms with Crippen molar-refractivity contribution in [2.24, 2.45) is 11.3 Å². The Labute approximate surface area is 109 Å². The fraction of sp³-hybridized carbons (Fsp3) is 0.929. The van der Waals surface area contributed by atoms with Crippen LogP contribution in [0.25, 0.3) is 0 Å².